The molecule has 2 aliphatic rings. The molecule has 3 aromatic rings. The Morgan fingerprint density at radius 1 is 1.19 bits per heavy atom. The van der Waals surface area contributed by atoms with Crippen LogP contribution in [0.15, 0.2) is 36.9 Å². The highest BCUT2D eigenvalue weighted by atomic mass is 16.7. The molecule has 8 nitrogen and oxygen atoms in total. The van der Waals surface area contributed by atoms with Gasteiger partial charge in [-0.15, -0.1) is 0 Å². The maximum absolute atomic E-state index is 9.69. The van der Waals surface area contributed by atoms with E-state index in [2.05, 4.69) is 25.8 Å². The lowest BCUT2D eigenvalue weighted by molar-refractivity contribution is 0.174. The molecule has 4 heterocycles. The number of piperidine rings is 1. The van der Waals surface area contributed by atoms with Crippen LogP contribution in [0.2, 0.25) is 0 Å². The largest absolute Gasteiger partial charge is 0.454 e. The van der Waals surface area contributed by atoms with Crippen molar-refractivity contribution in [3.05, 3.63) is 42.5 Å². The Morgan fingerprint density at radius 3 is 2.94 bits per heavy atom. The highest BCUT2D eigenvalue weighted by Gasteiger charge is 2.24. The van der Waals surface area contributed by atoms with Crippen LogP contribution in [-0.4, -0.2) is 52.7 Å². The molecule has 164 valence electrons. The van der Waals surface area contributed by atoms with Gasteiger partial charge >= 0.3 is 0 Å². The number of fused-ring (bicyclic) bond motifs is 2. The van der Waals surface area contributed by atoms with Crippen molar-refractivity contribution in [1.29, 1.82) is 0 Å². The number of benzene rings is 1. The van der Waals surface area contributed by atoms with Gasteiger partial charge in [0.1, 0.15) is 5.82 Å². The van der Waals surface area contributed by atoms with Crippen molar-refractivity contribution < 1.29 is 14.6 Å². The summed E-state index contributed by atoms with van der Waals surface area (Å²) in [5.74, 6) is 2.84. The van der Waals surface area contributed by atoms with Gasteiger partial charge in [0, 0.05) is 62.2 Å². The molecule has 8 heteroatoms. The minimum Gasteiger partial charge on any atom is -0.454 e. The third-order valence-corrected chi connectivity index (χ3v) is 6.09. The van der Waals surface area contributed by atoms with E-state index in [1.807, 2.05) is 30.9 Å². The van der Waals surface area contributed by atoms with Crippen LogP contribution in [0.1, 0.15) is 24.8 Å². The van der Waals surface area contributed by atoms with Gasteiger partial charge in [-0.1, -0.05) is 0 Å². The van der Waals surface area contributed by atoms with Crippen molar-refractivity contribution in [2.24, 2.45) is 5.92 Å². The number of nitrogens with one attached hydrogen (secondary N) is 1. The molecule has 1 saturated heterocycles. The summed E-state index contributed by atoms with van der Waals surface area (Å²) in [5, 5.41) is 14.3. The molecule has 1 aromatic carbocycles. The number of nitrogens with zero attached hydrogens (tertiary/aromatic N) is 4. The predicted octanol–water partition coefficient (Wildman–Crippen LogP) is 2.55. The van der Waals surface area contributed by atoms with Crippen molar-refractivity contribution in [2.45, 2.75) is 32.4 Å². The first kappa shape index (κ1) is 20.1. The Morgan fingerprint density at radius 2 is 2.10 bits per heavy atom. The Balaban J connectivity index is 1.36. The molecule has 31 heavy (non-hydrogen) atoms. The fraction of sp³-hybridized carbons (Fsp3) is 0.478. The fourth-order valence-electron chi connectivity index (χ4n) is 4.44. The summed E-state index contributed by atoms with van der Waals surface area (Å²) in [6.07, 6.45) is 8.82. The molecule has 1 fully saturated rings. The standard InChI is InChI=1S/C23H29N5O3/c29-14-17-3-1-7-28(13-17)23-19(12-24-4-2-6-27-8-5-25-15-27)9-18-10-21-22(31-16-30-21)11-20(18)26-23/h5,8-11,15,17,24,29H,1-4,6-7,12-14,16H2. The van der Waals surface area contributed by atoms with Gasteiger partial charge < -0.3 is 29.4 Å². The van der Waals surface area contributed by atoms with Crippen molar-refractivity contribution in [2.75, 3.05) is 37.9 Å². The first-order valence-electron chi connectivity index (χ1n) is 11.1. The van der Waals surface area contributed by atoms with Gasteiger partial charge in [-0.3, -0.25) is 0 Å². The molecule has 0 bridgehead atoms. The summed E-state index contributed by atoms with van der Waals surface area (Å²) >= 11 is 0. The van der Waals surface area contributed by atoms with E-state index in [1.165, 1.54) is 5.56 Å². The Bertz CT molecular complexity index is 1020. The number of hydrogen-bond acceptors (Lipinski definition) is 7. The fourth-order valence-corrected chi connectivity index (χ4v) is 4.44. The number of hydrogen-bond donors (Lipinski definition) is 2. The van der Waals surface area contributed by atoms with E-state index in [0.29, 0.717) is 5.92 Å². The van der Waals surface area contributed by atoms with Gasteiger partial charge in [0.05, 0.1) is 11.8 Å². The lowest BCUT2D eigenvalue weighted by Gasteiger charge is -2.34. The van der Waals surface area contributed by atoms with Crippen LogP contribution < -0.4 is 19.7 Å². The van der Waals surface area contributed by atoms with Gasteiger partial charge in [-0.25, -0.2) is 9.97 Å². The normalized spacial score (nSPS) is 18.1. The molecule has 0 saturated carbocycles. The maximum Gasteiger partial charge on any atom is 0.231 e. The molecular formula is C23H29N5O3. The summed E-state index contributed by atoms with van der Waals surface area (Å²) < 4.78 is 13.2. The molecule has 0 amide bonds. The van der Waals surface area contributed by atoms with Gasteiger partial charge in [0.2, 0.25) is 6.79 Å². The molecule has 2 N–H and O–H groups in total. The van der Waals surface area contributed by atoms with Crippen LogP contribution in [0, 0.1) is 5.92 Å². The molecule has 2 aliphatic heterocycles. The number of anilines is 1. The third kappa shape index (κ3) is 4.45. The number of aryl methyl sites for hydroxylation is 1. The zero-order valence-electron chi connectivity index (χ0n) is 17.7. The highest BCUT2D eigenvalue weighted by molar-refractivity contribution is 5.85. The van der Waals surface area contributed by atoms with E-state index in [0.717, 1.165) is 80.2 Å². The number of aromatic nitrogens is 3. The predicted molar refractivity (Wildman–Crippen MR) is 118 cm³/mol. The summed E-state index contributed by atoms with van der Waals surface area (Å²) in [6, 6.07) is 6.20. The summed E-state index contributed by atoms with van der Waals surface area (Å²) in [4.78, 5) is 11.5. The van der Waals surface area contributed by atoms with Crippen LogP contribution >= 0.6 is 0 Å². The van der Waals surface area contributed by atoms with E-state index in [9.17, 15) is 5.11 Å². The van der Waals surface area contributed by atoms with Crippen molar-refractivity contribution in [3.8, 4) is 11.5 Å². The average Bonchev–Trinajstić information content (AvgIpc) is 3.48. The summed E-state index contributed by atoms with van der Waals surface area (Å²) in [6.45, 7) is 4.90. The lowest BCUT2D eigenvalue weighted by atomic mass is 9.98. The quantitative estimate of drug-likeness (QED) is 0.539. The van der Waals surface area contributed by atoms with Gasteiger partial charge in [0.15, 0.2) is 11.5 Å². The van der Waals surface area contributed by atoms with E-state index in [-0.39, 0.29) is 13.4 Å². The SMILES string of the molecule is OCC1CCCN(c2nc3cc4c(cc3cc2CNCCCn2ccnc2)OCO4)C1. The molecule has 1 unspecified atom stereocenters. The van der Waals surface area contributed by atoms with E-state index < -0.39 is 0 Å². The van der Waals surface area contributed by atoms with Crippen LogP contribution in [-0.2, 0) is 13.1 Å². The Hall–Kier alpha value is -2.84. The number of rotatable bonds is 8. The van der Waals surface area contributed by atoms with Crippen molar-refractivity contribution in [3.63, 3.8) is 0 Å². The topological polar surface area (TPSA) is 84.7 Å². The molecule has 1 atom stereocenters. The molecule has 5 rings (SSSR count). The number of pyridine rings is 1. The van der Waals surface area contributed by atoms with E-state index in [1.54, 1.807) is 0 Å². The lowest BCUT2D eigenvalue weighted by Crippen LogP contribution is -2.38. The number of aliphatic hydroxyl groups excluding tert-OH is 1. The van der Waals surface area contributed by atoms with Crippen molar-refractivity contribution >= 4 is 16.7 Å². The number of imidazole rings is 1. The maximum atomic E-state index is 9.69. The summed E-state index contributed by atoms with van der Waals surface area (Å²) in [5.41, 5.74) is 2.09. The first-order chi connectivity index (χ1) is 15.3. The van der Waals surface area contributed by atoms with Crippen LogP contribution in [0.5, 0.6) is 11.5 Å². The van der Waals surface area contributed by atoms with Gasteiger partial charge in [-0.2, -0.15) is 0 Å². The van der Waals surface area contributed by atoms with Gasteiger partial charge in [-0.05, 0) is 43.9 Å². The zero-order chi connectivity index (χ0) is 21.0. The van der Waals surface area contributed by atoms with Gasteiger partial charge in [0.25, 0.3) is 0 Å². The number of ether oxygens (including phenoxy) is 2. The minimum atomic E-state index is 0.227. The van der Waals surface area contributed by atoms with E-state index in [4.69, 9.17) is 14.5 Å². The third-order valence-electron chi connectivity index (χ3n) is 6.09. The Labute approximate surface area is 181 Å². The molecule has 0 spiro atoms. The summed E-state index contributed by atoms with van der Waals surface area (Å²) in [7, 11) is 0. The van der Waals surface area contributed by atoms with Crippen LogP contribution in [0.4, 0.5) is 5.82 Å². The molecule has 2 aromatic heterocycles. The zero-order valence-corrected chi connectivity index (χ0v) is 17.7. The van der Waals surface area contributed by atoms with Crippen LogP contribution in [0.3, 0.4) is 0 Å². The minimum absolute atomic E-state index is 0.227. The molecular weight excluding hydrogens is 394 g/mol. The monoisotopic (exact) mass is 423 g/mol. The molecule has 0 aliphatic carbocycles. The second-order valence-corrected chi connectivity index (χ2v) is 8.34. The Kier molecular flexibility index (Phi) is 5.90. The van der Waals surface area contributed by atoms with Crippen molar-refractivity contribution in [1.82, 2.24) is 19.9 Å². The molecule has 0 radical (unpaired) electrons. The smallest absolute Gasteiger partial charge is 0.231 e. The second kappa shape index (κ2) is 9.11. The van der Waals surface area contributed by atoms with E-state index >= 15 is 0 Å². The second-order valence-electron chi connectivity index (χ2n) is 8.34. The highest BCUT2D eigenvalue weighted by Crippen LogP contribution is 2.37. The van der Waals surface area contributed by atoms with Crippen LogP contribution in [0.25, 0.3) is 10.9 Å². The average molecular weight is 424 g/mol. The number of aliphatic hydroxyl groups is 1. The first-order valence-corrected chi connectivity index (χ1v) is 11.1.